The predicted molar refractivity (Wildman–Crippen MR) is 101 cm³/mol. The fraction of sp³-hybridized carbons (Fsp3) is 0.278. The van der Waals surface area contributed by atoms with Crippen molar-refractivity contribution < 1.29 is 13.2 Å². The van der Waals surface area contributed by atoms with Crippen LogP contribution in [0.5, 0.6) is 0 Å². The molecule has 5 nitrogen and oxygen atoms in total. The van der Waals surface area contributed by atoms with E-state index < -0.39 is 10.0 Å². The number of rotatable bonds is 3. The zero-order chi connectivity index (χ0) is 18.0. The molecule has 1 aliphatic rings. The van der Waals surface area contributed by atoms with Crippen molar-refractivity contribution in [2.75, 3.05) is 21.9 Å². The molecule has 25 heavy (non-hydrogen) atoms. The lowest BCUT2D eigenvalue weighted by atomic mass is 10.1. The van der Waals surface area contributed by atoms with Gasteiger partial charge in [0.05, 0.1) is 22.0 Å². The first-order valence-corrected chi connectivity index (χ1v) is 10.0. The second-order valence-corrected chi connectivity index (χ2v) is 8.50. The molecule has 1 aliphatic heterocycles. The van der Waals surface area contributed by atoms with Gasteiger partial charge in [0.25, 0.3) is 5.91 Å². The number of sulfonamides is 1. The third-order valence-electron chi connectivity index (χ3n) is 4.11. The molecular weight excluding hydrogens is 360 g/mol. The summed E-state index contributed by atoms with van der Waals surface area (Å²) in [6, 6.07) is 12.2. The van der Waals surface area contributed by atoms with Crippen molar-refractivity contribution in [3.8, 4) is 0 Å². The summed E-state index contributed by atoms with van der Waals surface area (Å²) in [6.45, 7) is 2.35. The highest BCUT2D eigenvalue weighted by Crippen LogP contribution is 2.28. The minimum Gasteiger partial charge on any atom is -0.322 e. The predicted octanol–water partition coefficient (Wildman–Crippen LogP) is 3.83. The summed E-state index contributed by atoms with van der Waals surface area (Å²) in [4.78, 5) is 12.6. The van der Waals surface area contributed by atoms with E-state index in [0.29, 0.717) is 24.3 Å². The number of hydrogen-bond acceptors (Lipinski definition) is 3. The smallest absolute Gasteiger partial charge is 0.257 e. The third kappa shape index (κ3) is 3.96. The average Bonchev–Trinajstić information content (AvgIpc) is 2.55. The maximum atomic E-state index is 12.6. The summed E-state index contributed by atoms with van der Waals surface area (Å²) in [5, 5.41) is 3.08. The van der Waals surface area contributed by atoms with Crippen molar-refractivity contribution in [2.45, 2.75) is 19.8 Å². The van der Waals surface area contributed by atoms with E-state index in [-0.39, 0.29) is 22.2 Å². The Balaban J connectivity index is 1.90. The molecule has 1 fully saturated rings. The molecule has 0 aliphatic carbocycles. The largest absolute Gasteiger partial charge is 0.322 e. The van der Waals surface area contributed by atoms with Gasteiger partial charge in [-0.1, -0.05) is 23.7 Å². The molecule has 0 spiro atoms. The normalized spacial score (nSPS) is 16.5. The molecule has 3 rings (SSSR count). The van der Waals surface area contributed by atoms with Gasteiger partial charge in [-0.25, -0.2) is 8.42 Å². The summed E-state index contributed by atoms with van der Waals surface area (Å²) in [5.74, 6) is -0.243. The van der Waals surface area contributed by atoms with Crippen molar-refractivity contribution in [3.05, 3.63) is 58.6 Å². The number of amides is 1. The van der Waals surface area contributed by atoms with Gasteiger partial charge < -0.3 is 5.32 Å². The number of aryl methyl sites for hydroxylation is 1. The van der Waals surface area contributed by atoms with Crippen LogP contribution in [0.15, 0.2) is 42.5 Å². The standard InChI is InChI=1S/C18H19ClN2O3S/c1-13-5-4-6-14(11-13)20-18(22)16-12-15(7-8-17(16)19)21-9-2-3-10-25(21,23)24/h4-8,11-12H,2-3,9-10H2,1H3,(H,20,22). The van der Waals surface area contributed by atoms with E-state index in [2.05, 4.69) is 5.32 Å². The lowest BCUT2D eigenvalue weighted by Crippen LogP contribution is -2.38. The lowest BCUT2D eigenvalue weighted by molar-refractivity contribution is 0.102. The van der Waals surface area contributed by atoms with Crippen LogP contribution < -0.4 is 9.62 Å². The Hall–Kier alpha value is -2.05. The van der Waals surface area contributed by atoms with Crippen molar-refractivity contribution in [2.24, 2.45) is 0 Å². The van der Waals surface area contributed by atoms with Crippen LogP contribution in [-0.2, 0) is 10.0 Å². The van der Waals surface area contributed by atoms with E-state index in [4.69, 9.17) is 11.6 Å². The van der Waals surface area contributed by atoms with Crippen LogP contribution in [0.3, 0.4) is 0 Å². The van der Waals surface area contributed by atoms with Crippen LogP contribution in [0, 0.1) is 6.92 Å². The van der Waals surface area contributed by atoms with Crippen LogP contribution in [0.1, 0.15) is 28.8 Å². The third-order valence-corrected chi connectivity index (χ3v) is 6.31. The SMILES string of the molecule is Cc1cccc(NC(=O)c2cc(N3CCCCS3(=O)=O)ccc2Cl)c1. The molecule has 1 amide bonds. The van der Waals surface area contributed by atoms with Crippen molar-refractivity contribution in [1.82, 2.24) is 0 Å². The second-order valence-electron chi connectivity index (χ2n) is 6.08. The van der Waals surface area contributed by atoms with Gasteiger partial charge in [-0.3, -0.25) is 9.10 Å². The molecule has 0 atom stereocenters. The maximum Gasteiger partial charge on any atom is 0.257 e. The fourth-order valence-electron chi connectivity index (χ4n) is 2.84. The molecule has 132 valence electrons. The van der Waals surface area contributed by atoms with E-state index in [1.54, 1.807) is 18.2 Å². The van der Waals surface area contributed by atoms with E-state index in [1.807, 2.05) is 25.1 Å². The van der Waals surface area contributed by atoms with Crippen LogP contribution >= 0.6 is 11.6 Å². The van der Waals surface area contributed by atoms with E-state index in [9.17, 15) is 13.2 Å². The average molecular weight is 379 g/mol. The Morgan fingerprint density at radius 1 is 1.16 bits per heavy atom. The first-order chi connectivity index (χ1) is 11.9. The Labute approximate surface area is 152 Å². The van der Waals surface area contributed by atoms with Gasteiger partial charge >= 0.3 is 0 Å². The summed E-state index contributed by atoms with van der Waals surface area (Å²) < 4.78 is 25.9. The first-order valence-electron chi connectivity index (χ1n) is 8.05. The van der Waals surface area contributed by atoms with Gasteiger partial charge in [0.2, 0.25) is 10.0 Å². The zero-order valence-corrected chi connectivity index (χ0v) is 15.4. The van der Waals surface area contributed by atoms with E-state index in [1.165, 1.54) is 10.4 Å². The quantitative estimate of drug-likeness (QED) is 0.882. The molecule has 0 aromatic heterocycles. The number of carbonyl (C=O) groups excluding carboxylic acids is 1. The van der Waals surface area contributed by atoms with Gasteiger partial charge in [-0.2, -0.15) is 0 Å². The van der Waals surface area contributed by atoms with Gasteiger partial charge in [0.15, 0.2) is 0 Å². The number of hydrogen-bond donors (Lipinski definition) is 1. The zero-order valence-electron chi connectivity index (χ0n) is 13.8. The molecule has 1 heterocycles. The number of halogens is 1. The van der Waals surface area contributed by atoms with Crippen LogP contribution in [0.25, 0.3) is 0 Å². The molecule has 1 N–H and O–H groups in total. The topological polar surface area (TPSA) is 66.5 Å². The number of nitrogens with one attached hydrogen (secondary N) is 1. The summed E-state index contributed by atoms with van der Waals surface area (Å²) in [5.41, 5.74) is 2.41. The van der Waals surface area contributed by atoms with E-state index in [0.717, 1.165) is 12.0 Å². The highest BCUT2D eigenvalue weighted by Gasteiger charge is 2.27. The summed E-state index contributed by atoms with van der Waals surface area (Å²) in [6.07, 6.45) is 1.46. The number of benzene rings is 2. The molecule has 0 unspecified atom stereocenters. The first kappa shape index (κ1) is 17.8. The minimum atomic E-state index is -3.34. The molecule has 2 aromatic carbocycles. The molecule has 1 saturated heterocycles. The molecule has 0 saturated carbocycles. The van der Waals surface area contributed by atoms with Crippen LogP contribution in [0.4, 0.5) is 11.4 Å². The number of carbonyl (C=O) groups is 1. The lowest BCUT2D eigenvalue weighted by Gasteiger charge is -2.28. The van der Waals surface area contributed by atoms with Crippen LogP contribution in [-0.4, -0.2) is 26.6 Å². The maximum absolute atomic E-state index is 12.6. The monoisotopic (exact) mass is 378 g/mol. The summed E-state index contributed by atoms with van der Waals surface area (Å²) >= 11 is 6.17. The second kappa shape index (κ2) is 7.06. The highest BCUT2D eigenvalue weighted by molar-refractivity contribution is 7.92. The van der Waals surface area contributed by atoms with Crippen molar-refractivity contribution in [1.29, 1.82) is 0 Å². The van der Waals surface area contributed by atoms with Gasteiger partial charge in [-0.15, -0.1) is 0 Å². The van der Waals surface area contributed by atoms with E-state index >= 15 is 0 Å². The molecule has 2 aromatic rings. The van der Waals surface area contributed by atoms with Gasteiger partial charge in [0.1, 0.15) is 0 Å². The van der Waals surface area contributed by atoms with Crippen LogP contribution in [0.2, 0.25) is 5.02 Å². The van der Waals surface area contributed by atoms with Crippen molar-refractivity contribution in [3.63, 3.8) is 0 Å². The molecule has 7 heteroatoms. The Bertz CT molecular complexity index is 912. The molecule has 0 bridgehead atoms. The van der Waals surface area contributed by atoms with Gasteiger partial charge in [0, 0.05) is 12.2 Å². The number of anilines is 2. The fourth-order valence-corrected chi connectivity index (χ4v) is 4.68. The van der Waals surface area contributed by atoms with Gasteiger partial charge in [-0.05, 0) is 55.7 Å². The van der Waals surface area contributed by atoms with Crippen molar-refractivity contribution >= 4 is 38.9 Å². The molecule has 0 radical (unpaired) electrons. The minimum absolute atomic E-state index is 0.125. The molecular formula is C18H19ClN2O3S. The Morgan fingerprint density at radius 2 is 1.96 bits per heavy atom. The highest BCUT2D eigenvalue weighted by atomic mass is 35.5. The summed E-state index contributed by atoms with van der Waals surface area (Å²) in [7, 11) is -3.34. The number of nitrogens with zero attached hydrogens (tertiary/aromatic N) is 1. The Kier molecular flexibility index (Phi) is 5.01. The Morgan fingerprint density at radius 3 is 2.68 bits per heavy atom.